The highest BCUT2D eigenvalue weighted by Gasteiger charge is 2.09. The van der Waals surface area contributed by atoms with Crippen LogP contribution in [-0.2, 0) is 0 Å². The van der Waals surface area contributed by atoms with Crippen molar-refractivity contribution < 1.29 is 18.3 Å². The van der Waals surface area contributed by atoms with Gasteiger partial charge in [-0.15, -0.1) is 0 Å². The van der Waals surface area contributed by atoms with E-state index >= 15 is 0 Å². The number of aromatic nitrogens is 1. The van der Waals surface area contributed by atoms with E-state index in [1.165, 1.54) is 36.5 Å². The minimum Gasteiger partial charge on any atom is -0.435 e. The fourth-order valence-electron chi connectivity index (χ4n) is 1.47. The van der Waals surface area contributed by atoms with Gasteiger partial charge in [0, 0.05) is 23.0 Å². The monoisotopic (exact) mass is 298 g/mol. The smallest absolute Gasteiger partial charge is 0.387 e. The summed E-state index contributed by atoms with van der Waals surface area (Å²) in [6.45, 7) is -2.92. The predicted octanol–water partition coefficient (Wildman–Crippen LogP) is 3.59. The molecular formula is C13H9ClF2N2O2. The average Bonchev–Trinajstić information content (AvgIpc) is 2.38. The largest absolute Gasteiger partial charge is 0.435 e. The van der Waals surface area contributed by atoms with E-state index in [0.717, 1.165) is 0 Å². The Bertz CT molecular complexity index is 623. The molecule has 1 aromatic carbocycles. The number of amides is 1. The fraction of sp³-hybridized carbons (Fsp3) is 0.0769. The van der Waals surface area contributed by atoms with Crippen LogP contribution in [0.5, 0.6) is 5.75 Å². The van der Waals surface area contributed by atoms with Crippen LogP contribution in [0.1, 0.15) is 10.5 Å². The van der Waals surface area contributed by atoms with Crippen molar-refractivity contribution in [3.05, 3.63) is 53.3 Å². The van der Waals surface area contributed by atoms with E-state index < -0.39 is 12.5 Å². The number of hydrogen-bond donors (Lipinski definition) is 1. The molecule has 0 unspecified atom stereocenters. The SMILES string of the molecule is O=C(Nc1cccc(OC(F)F)c1)c1cc(Cl)ccn1. The average molecular weight is 299 g/mol. The van der Waals surface area contributed by atoms with Crippen molar-refractivity contribution in [3.8, 4) is 5.75 Å². The first-order valence-corrected chi connectivity index (χ1v) is 5.90. The summed E-state index contributed by atoms with van der Waals surface area (Å²) in [6.07, 6.45) is 1.40. The molecule has 0 aliphatic rings. The van der Waals surface area contributed by atoms with Crippen LogP contribution in [0.4, 0.5) is 14.5 Å². The van der Waals surface area contributed by atoms with Crippen LogP contribution in [0, 0.1) is 0 Å². The minimum atomic E-state index is -2.92. The zero-order chi connectivity index (χ0) is 14.5. The second-order valence-electron chi connectivity index (χ2n) is 3.72. The Morgan fingerprint density at radius 3 is 2.80 bits per heavy atom. The van der Waals surface area contributed by atoms with Crippen LogP contribution in [0.2, 0.25) is 5.02 Å². The van der Waals surface area contributed by atoms with Crippen LogP contribution < -0.4 is 10.1 Å². The van der Waals surface area contributed by atoms with Crippen LogP contribution in [-0.4, -0.2) is 17.5 Å². The highest BCUT2D eigenvalue weighted by molar-refractivity contribution is 6.30. The van der Waals surface area contributed by atoms with Gasteiger partial charge in [0.25, 0.3) is 5.91 Å². The number of hydrogen-bond acceptors (Lipinski definition) is 3. The van der Waals surface area contributed by atoms with Crippen LogP contribution in [0.25, 0.3) is 0 Å². The summed E-state index contributed by atoms with van der Waals surface area (Å²) in [5, 5.41) is 2.89. The van der Waals surface area contributed by atoms with Crippen molar-refractivity contribution in [1.29, 1.82) is 0 Å². The van der Waals surface area contributed by atoms with Gasteiger partial charge in [0.15, 0.2) is 0 Å². The number of pyridine rings is 1. The lowest BCUT2D eigenvalue weighted by molar-refractivity contribution is -0.0497. The highest BCUT2D eigenvalue weighted by atomic mass is 35.5. The first-order valence-electron chi connectivity index (χ1n) is 5.52. The third kappa shape index (κ3) is 3.89. The molecule has 1 amide bonds. The third-order valence-electron chi connectivity index (χ3n) is 2.27. The molecule has 0 atom stereocenters. The normalized spacial score (nSPS) is 10.4. The van der Waals surface area contributed by atoms with Crippen molar-refractivity contribution in [2.75, 3.05) is 5.32 Å². The number of nitrogens with one attached hydrogen (secondary N) is 1. The molecule has 0 radical (unpaired) electrons. The second kappa shape index (κ2) is 6.29. The molecule has 0 aliphatic heterocycles. The van der Waals surface area contributed by atoms with E-state index in [9.17, 15) is 13.6 Å². The summed E-state index contributed by atoms with van der Waals surface area (Å²) >= 11 is 5.75. The van der Waals surface area contributed by atoms with Crippen LogP contribution >= 0.6 is 11.6 Å². The van der Waals surface area contributed by atoms with E-state index in [1.54, 1.807) is 6.07 Å². The van der Waals surface area contributed by atoms with Gasteiger partial charge in [-0.1, -0.05) is 17.7 Å². The molecule has 0 bridgehead atoms. The number of rotatable bonds is 4. The van der Waals surface area contributed by atoms with Crippen molar-refractivity contribution in [2.45, 2.75) is 6.61 Å². The first kappa shape index (κ1) is 14.2. The van der Waals surface area contributed by atoms with Gasteiger partial charge < -0.3 is 10.1 Å². The molecule has 0 aliphatic carbocycles. The Balaban J connectivity index is 2.11. The topological polar surface area (TPSA) is 51.2 Å². The summed E-state index contributed by atoms with van der Waals surface area (Å²) in [7, 11) is 0. The van der Waals surface area contributed by atoms with Gasteiger partial charge in [-0.3, -0.25) is 9.78 Å². The highest BCUT2D eigenvalue weighted by Crippen LogP contribution is 2.20. The summed E-state index contributed by atoms with van der Waals surface area (Å²) in [5.41, 5.74) is 0.438. The molecule has 0 saturated carbocycles. The number of ether oxygens (including phenoxy) is 1. The standard InChI is InChI=1S/C13H9ClF2N2O2/c14-8-4-5-17-11(6-8)12(19)18-9-2-1-3-10(7-9)20-13(15)16/h1-7,13H,(H,18,19). The Morgan fingerprint density at radius 2 is 2.10 bits per heavy atom. The lowest BCUT2D eigenvalue weighted by atomic mass is 10.2. The van der Waals surface area contributed by atoms with Crippen LogP contribution in [0.15, 0.2) is 42.6 Å². The maximum absolute atomic E-state index is 12.1. The number of nitrogens with zero attached hydrogens (tertiary/aromatic N) is 1. The molecule has 1 N–H and O–H groups in total. The molecular weight excluding hydrogens is 290 g/mol. The van der Waals surface area contributed by atoms with Crippen molar-refractivity contribution in [2.24, 2.45) is 0 Å². The minimum absolute atomic E-state index is 0.0446. The summed E-state index contributed by atoms with van der Waals surface area (Å²) in [6, 6.07) is 8.61. The van der Waals surface area contributed by atoms with Gasteiger partial charge in [0.05, 0.1) is 0 Å². The Hall–Kier alpha value is -2.21. The number of carbonyl (C=O) groups is 1. The second-order valence-corrected chi connectivity index (χ2v) is 4.16. The predicted molar refractivity (Wildman–Crippen MR) is 70.3 cm³/mol. The Kier molecular flexibility index (Phi) is 4.47. The lowest BCUT2D eigenvalue weighted by Crippen LogP contribution is -2.13. The Morgan fingerprint density at radius 1 is 1.30 bits per heavy atom. The molecule has 20 heavy (non-hydrogen) atoms. The van der Waals surface area contributed by atoms with Gasteiger partial charge in [0.2, 0.25) is 0 Å². The van der Waals surface area contributed by atoms with Gasteiger partial charge in [-0.05, 0) is 24.3 Å². The summed E-state index contributed by atoms with van der Waals surface area (Å²) < 4.78 is 28.4. The van der Waals surface area contributed by atoms with E-state index in [2.05, 4.69) is 15.0 Å². The lowest BCUT2D eigenvalue weighted by Gasteiger charge is -2.08. The van der Waals surface area contributed by atoms with Crippen molar-refractivity contribution in [3.63, 3.8) is 0 Å². The van der Waals surface area contributed by atoms with Gasteiger partial charge in [-0.2, -0.15) is 8.78 Å². The number of alkyl halides is 2. The fourth-order valence-corrected chi connectivity index (χ4v) is 1.63. The molecule has 7 heteroatoms. The zero-order valence-corrected chi connectivity index (χ0v) is 10.8. The molecule has 0 saturated heterocycles. The van der Waals surface area contributed by atoms with Gasteiger partial charge in [0.1, 0.15) is 11.4 Å². The van der Waals surface area contributed by atoms with E-state index in [1.807, 2.05) is 0 Å². The van der Waals surface area contributed by atoms with E-state index in [0.29, 0.717) is 10.7 Å². The molecule has 1 heterocycles. The van der Waals surface area contributed by atoms with Gasteiger partial charge in [-0.25, -0.2) is 0 Å². The zero-order valence-electron chi connectivity index (χ0n) is 10.0. The molecule has 104 valence electrons. The molecule has 2 rings (SSSR count). The number of halogens is 3. The quantitative estimate of drug-likeness (QED) is 0.938. The molecule has 2 aromatic rings. The summed E-state index contributed by atoms with van der Waals surface area (Å²) in [5.74, 6) is -0.543. The molecule has 0 fully saturated rings. The first-order chi connectivity index (χ1) is 9.54. The van der Waals surface area contributed by atoms with Crippen molar-refractivity contribution in [1.82, 2.24) is 4.98 Å². The molecule has 0 spiro atoms. The maximum Gasteiger partial charge on any atom is 0.387 e. The third-order valence-corrected chi connectivity index (χ3v) is 2.51. The van der Waals surface area contributed by atoms with Crippen LogP contribution in [0.3, 0.4) is 0 Å². The number of benzene rings is 1. The van der Waals surface area contributed by atoms with E-state index in [4.69, 9.17) is 11.6 Å². The number of anilines is 1. The molecule has 1 aromatic heterocycles. The number of carbonyl (C=O) groups excluding carboxylic acids is 1. The van der Waals surface area contributed by atoms with Gasteiger partial charge >= 0.3 is 6.61 Å². The summed E-state index contributed by atoms with van der Waals surface area (Å²) in [4.78, 5) is 15.7. The van der Waals surface area contributed by atoms with Crippen molar-refractivity contribution >= 4 is 23.2 Å². The maximum atomic E-state index is 12.1. The molecule has 4 nitrogen and oxygen atoms in total. The van der Waals surface area contributed by atoms with E-state index in [-0.39, 0.29) is 11.4 Å². The Labute approximate surface area is 118 Å².